The lowest BCUT2D eigenvalue weighted by molar-refractivity contribution is -0.143. The van der Waals surface area contributed by atoms with Crippen molar-refractivity contribution < 1.29 is 13.2 Å². The van der Waals surface area contributed by atoms with E-state index in [1.165, 1.54) is 0 Å². The molecule has 0 bridgehead atoms. The molecule has 0 fully saturated rings. The molecule has 0 aliphatic heterocycles. The monoisotopic (exact) mass is 279 g/mol. The summed E-state index contributed by atoms with van der Waals surface area (Å²) in [5.74, 6) is 0. The molecular weight excluding hydrogens is 263 g/mol. The van der Waals surface area contributed by atoms with E-state index in [-0.39, 0.29) is 6.42 Å². The van der Waals surface area contributed by atoms with Crippen molar-refractivity contribution in [3.8, 4) is 0 Å². The first kappa shape index (κ1) is 14.4. The highest BCUT2D eigenvalue weighted by Gasteiger charge is 2.39. The van der Waals surface area contributed by atoms with E-state index < -0.39 is 12.2 Å². The molecule has 20 heavy (non-hydrogen) atoms. The number of anilines is 1. The maximum Gasteiger partial charge on any atom is 0.408 e. The maximum absolute atomic E-state index is 13.0. The third-order valence-electron chi connectivity index (χ3n) is 3.07. The van der Waals surface area contributed by atoms with Gasteiger partial charge < -0.3 is 5.32 Å². The summed E-state index contributed by atoms with van der Waals surface area (Å²) in [4.78, 5) is 0. The molecule has 0 aliphatic rings. The molecule has 2 aromatic rings. The molecule has 0 radical (unpaired) electrons. The summed E-state index contributed by atoms with van der Waals surface area (Å²) in [6.45, 7) is 0. The molecular formula is C16H16F3N. The Morgan fingerprint density at radius 1 is 0.850 bits per heavy atom. The average Bonchev–Trinajstić information content (AvgIpc) is 2.44. The van der Waals surface area contributed by atoms with Crippen molar-refractivity contribution >= 4 is 5.69 Å². The van der Waals surface area contributed by atoms with Crippen molar-refractivity contribution in [1.29, 1.82) is 0 Å². The van der Waals surface area contributed by atoms with Crippen LogP contribution in [0.5, 0.6) is 0 Å². The summed E-state index contributed by atoms with van der Waals surface area (Å²) in [6.07, 6.45) is -3.85. The molecule has 1 nitrogen and oxygen atoms in total. The molecule has 1 unspecified atom stereocenters. The SMILES string of the molecule is FC(F)(F)C(CCc1ccccc1)Nc1ccccc1. The molecule has 106 valence electrons. The van der Waals surface area contributed by atoms with E-state index in [4.69, 9.17) is 0 Å². The number of hydrogen-bond acceptors (Lipinski definition) is 1. The fraction of sp³-hybridized carbons (Fsp3) is 0.250. The normalized spacial score (nSPS) is 12.9. The number of hydrogen-bond donors (Lipinski definition) is 1. The van der Waals surface area contributed by atoms with Crippen LogP contribution in [-0.2, 0) is 6.42 Å². The third-order valence-corrected chi connectivity index (χ3v) is 3.07. The molecule has 2 rings (SSSR count). The maximum atomic E-state index is 13.0. The van der Waals surface area contributed by atoms with Crippen molar-refractivity contribution in [1.82, 2.24) is 0 Å². The van der Waals surface area contributed by atoms with Crippen LogP contribution in [0.25, 0.3) is 0 Å². The van der Waals surface area contributed by atoms with E-state index in [0.717, 1.165) is 5.56 Å². The standard InChI is InChI=1S/C16H16F3N/c17-16(18,19)15(20-14-9-5-2-6-10-14)12-11-13-7-3-1-4-8-13/h1-10,15,20H,11-12H2. The Balaban J connectivity index is 2.01. The minimum absolute atomic E-state index is 0.0163. The number of rotatable bonds is 5. The predicted molar refractivity (Wildman–Crippen MR) is 74.7 cm³/mol. The van der Waals surface area contributed by atoms with Crippen LogP contribution in [-0.4, -0.2) is 12.2 Å². The van der Waals surface area contributed by atoms with E-state index in [1.807, 2.05) is 30.3 Å². The van der Waals surface area contributed by atoms with Gasteiger partial charge in [0.05, 0.1) is 0 Å². The van der Waals surface area contributed by atoms with Gasteiger partial charge >= 0.3 is 6.18 Å². The van der Waals surface area contributed by atoms with Crippen molar-refractivity contribution in [3.63, 3.8) is 0 Å². The molecule has 1 N–H and O–H groups in total. The fourth-order valence-electron chi connectivity index (χ4n) is 2.01. The van der Waals surface area contributed by atoms with Crippen molar-refractivity contribution in [3.05, 3.63) is 66.2 Å². The third kappa shape index (κ3) is 4.30. The van der Waals surface area contributed by atoms with Crippen LogP contribution in [0.1, 0.15) is 12.0 Å². The Kier molecular flexibility index (Phi) is 4.66. The first-order valence-electron chi connectivity index (χ1n) is 6.48. The van der Waals surface area contributed by atoms with Gasteiger partial charge in [-0.25, -0.2) is 0 Å². The largest absolute Gasteiger partial charge is 0.408 e. The summed E-state index contributed by atoms with van der Waals surface area (Å²) in [5, 5.41) is 2.56. The van der Waals surface area contributed by atoms with Gasteiger partial charge in [-0.1, -0.05) is 48.5 Å². The Labute approximate surface area is 116 Å². The molecule has 0 heterocycles. The summed E-state index contributed by atoms with van der Waals surface area (Å²) >= 11 is 0. The first-order valence-corrected chi connectivity index (χ1v) is 6.48. The molecule has 0 aliphatic carbocycles. The Hall–Kier alpha value is -1.97. The molecule has 0 saturated carbocycles. The summed E-state index contributed by atoms with van der Waals surface area (Å²) < 4.78 is 39.1. The first-order chi connectivity index (χ1) is 9.55. The van der Waals surface area contributed by atoms with Gasteiger partial charge in [0.25, 0.3) is 0 Å². The topological polar surface area (TPSA) is 12.0 Å². The van der Waals surface area contributed by atoms with Gasteiger partial charge in [-0.2, -0.15) is 13.2 Å². The van der Waals surface area contributed by atoms with Crippen LogP contribution >= 0.6 is 0 Å². The molecule has 0 saturated heterocycles. The second-order valence-electron chi connectivity index (χ2n) is 4.63. The second-order valence-corrected chi connectivity index (χ2v) is 4.63. The highest BCUT2D eigenvalue weighted by Crippen LogP contribution is 2.27. The molecule has 4 heteroatoms. The number of benzene rings is 2. The van der Waals surface area contributed by atoms with Gasteiger partial charge in [-0.15, -0.1) is 0 Å². The molecule has 0 aromatic heterocycles. The average molecular weight is 279 g/mol. The van der Waals surface area contributed by atoms with Crippen molar-refractivity contribution in [2.24, 2.45) is 0 Å². The zero-order valence-electron chi connectivity index (χ0n) is 10.9. The highest BCUT2D eigenvalue weighted by molar-refractivity contribution is 5.43. The van der Waals surface area contributed by atoms with Gasteiger partial charge in [0.2, 0.25) is 0 Å². The van der Waals surface area contributed by atoms with Gasteiger partial charge in [-0.05, 0) is 30.5 Å². The van der Waals surface area contributed by atoms with E-state index in [2.05, 4.69) is 5.32 Å². The minimum atomic E-state index is -4.26. The number of alkyl halides is 3. The zero-order chi connectivity index (χ0) is 14.4. The van der Waals surface area contributed by atoms with E-state index >= 15 is 0 Å². The van der Waals surface area contributed by atoms with E-state index in [9.17, 15) is 13.2 Å². The van der Waals surface area contributed by atoms with Crippen LogP contribution in [0.3, 0.4) is 0 Å². The van der Waals surface area contributed by atoms with Crippen LogP contribution in [0, 0.1) is 0 Å². The van der Waals surface area contributed by atoms with Crippen molar-refractivity contribution in [2.75, 3.05) is 5.32 Å². The number of aryl methyl sites for hydroxylation is 1. The quantitative estimate of drug-likeness (QED) is 0.839. The molecule has 0 amide bonds. The summed E-state index contributed by atoms with van der Waals surface area (Å²) in [5.41, 5.74) is 1.40. The van der Waals surface area contributed by atoms with Gasteiger partial charge in [0.1, 0.15) is 6.04 Å². The van der Waals surface area contributed by atoms with Gasteiger partial charge in [0.15, 0.2) is 0 Å². The highest BCUT2D eigenvalue weighted by atomic mass is 19.4. The van der Waals surface area contributed by atoms with Crippen LogP contribution in [0.15, 0.2) is 60.7 Å². The summed E-state index contributed by atoms with van der Waals surface area (Å²) in [6, 6.07) is 16.2. The van der Waals surface area contributed by atoms with Crippen LogP contribution in [0.2, 0.25) is 0 Å². The second kappa shape index (κ2) is 6.46. The molecule has 0 spiro atoms. The smallest absolute Gasteiger partial charge is 0.374 e. The Morgan fingerprint density at radius 3 is 1.95 bits per heavy atom. The Bertz CT molecular complexity index is 508. The molecule has 1 atom stereocenters. The van der Waals surface area contributed by atoms with Crippen LogP contribution < -0.4 is 5.32 Å². The van der Waals surface area contributed by atoms with Crippen molar-refractivity contribution in [2.45, 2.75) is 25.1 Å². The lowest BCUT2D eigenvalue weighted by atomic mass is 10.0. The van der Waals surface area contributed by atoms with Crippen LogP contribution in [0.4, 0.5) is 18.9 Å². The Morgan fingerprint density at radius 2 is 1.40 bits per heavy atom. The predicted octanol–water partition coefficient (Wildman–Crippen LogP) is 4.66. The number of nitrogens with one attached hydrogen (secondary N) is 1. The summed E-state index contributed by atoms with van der Waals surface area (Å²) in [7, 11) is 0. The van der Waals surface area contributed by atoms with Gasteiger partial charge in [-0.3, -0.25) is 0 Å². The lowest BCUT2D eigenvalue weighted by Crippen LogP contribution is -2.36. The van der Waals surface area contributed by atoms with E-state index in [0.29, 0.717) is 12.1 Å². The molecule has 2 aromatic carbocycles. The minimum Gasteiger partial charge on any atom is -0.374 e. The van der Waals surface area contributed by atoms with Gasteiger partial charge in [0, 0.05) is 5.69 Å². The fourth-order valence-corrected chi connectivity index (χ4v) is 2.01. The van der Waals surface area contributed by atoms with E-state index in [1.54, 1.807) is 30.3 Å². The number of para-hydroxylation sites is 1. The lowest BCUT2D eigenvalue weighted by Gasteiger charge is -2.22. The zero-order valence-corrected chi connectivity index (χ0v) is 10.9. The number of halogens is 3.